The number of hydrogen-bond acceptors (Lipinski definition) is 3. The normalized spacial score (nSPS) is 27.1. The van der Waals surface area contributed by atoms with E-state index in [0.29, 0.717) is 11.8 Å². The molecular weight excluding hydrogens is 384 g/mol. The summed E-state index contributed by atoms with van der Waals surface area (Å²) < 4.78 is 5.88. The van der Waals surface area contributed by atoms with Crippen LogP contribution in [0.25, 0.3) is 11.1 Å². The monoisotopic (exact) mass is 418 g/mol. The summed E-state index contributed by atoms with van der Waals surface area (Å²) in [6.45, 7) is 7.68. The van der Waals surface area contributed by atoms with E-state index < -0.39 is 0 Å². The van der Waals surface area contributed by atoms with E-state index >= 15 is 0 Å². The van der Waals surface area contributed by atoms with Crippen LogP contribution in [0.3, 0.4) is 0 Å². The van der Waals surface area contributed by atoms with Crippen LogP contribution in [0, 0.1) is 5.92 Å². The molecule has 2 atom stereocenters. The maximum Gasteiger partial charge on any atom is 0.407 e. The number of piperidine rings is 3. The van der Waals surface area contributed by atoms with Gasteiger partial charge in [-0.3, -0.25) is 4.90 Å². The molecule has 4 heteroatoms. The number of nitrogens with one attached hydrogen (secondary N) is 1. The summed E-state index contributed by atoms with van der Waals surface area (Å²) >= 11 is 0. The van der Waals surface area contributed by atoms with Crippen LogP contribution in [-0.4, -0.2) is 36.7 Å². The van der Waals surface area contributed by atoms with E-state index in [1.807, 2.05) is 0 Å². The Morgan fingerprint density at radius 3 is 2.61 bits per heavy atom. The van der Waals surface area contributed by atoms with E-state index in [9.17, 15) is 4.79 Å². The molecule has 3 heterocycles. The Bertz CT molecular complexity index is 946. The molecule has 1 N–H and O–H groups in total. The van der Waals surface area contributed by atoms with Crippen LogP contribution in [0.2, 0.25) is 0 Å². The fourth-order valence-corrected chi connectivity index (χ4v) is 5.58. The number of fused-ring (bicyclic) bond motifs is 4. The van der Waals surface area contributed by atoms with Crippen molar-refractivity contribution < 1.29 is 9.53 Å². The van der Waals surface area contributed by atoms with Crippen LogP contribution in [0.4, 0.5) is 4.79 Å². The summed E-state index contributed by atoms with van der Waals surface area (Å²) in [4.78, 5) is 15.1. The van der Waals surface area contributed by atoms with Gasteiger partial charge in [-0.15, -0.1) is 0 Å². The first kappa shape index (κ1) is 20.6. The van der Waals surface area contributed by atoms with Crippen molar-refractivity contribution in [3.63, 3.8) is 0 Å². The molecule has 3 saturated heterocycles. The van der Waals surface area contributed by atoms with Gasteiger partial charge in [0.05, 0.1) is 6.04 Å². The lowest BCUT2D eigenvalue weighted by Crippen LogP contribution is -2.52. The van der Waals surface area contributed by atoms with Crippen molar-refractivity contribution in [2.24, 2.45) is 5.92 Å². The predicted molar refractivity (Wildman–Crippen MR) is 124 cm³/mol. The summed E-state index contributed by atoms with van der Waals surface area (Å²) in [6, 6.07) is 15.6. The first-order valence-corrected chi connectivity index (χ1v) is 12.0. The Kier molecular flexibility index (Phi) is 5.75. The van der Waals surface area contributed by atoms with Crippen LogP contribution in [0.15, 0.2) is 42.5 Å². The zero-order chi connectivity index (χ0) is 21.4. The highest BCUT2D eigenvalue weighted by Crippen LogP contribution is 2.34. The van der Waals surface area contributed by atoms with Crippen molar-refractivity contribution in [2.45, 2.75) is 64.0 Å². The van der Waals surface area contributed by atoms with Gasteiger partial charge in [0.1, 0.15) is 6.10 Å². The molecule has 0 saturated carbocycles. The van der Waals surface area contributed by atoms with Crippen LogP contribution in [0.5, 0.6) is 0 Å². The minimum absolute atomic E-state index is 0.0494. The summed E-state index contributed by atoms with van der Waals surface area (Å²) in [5.74, 6) is 1.06. The molecule has 4 aliphatic rings. The number of aryl methyl sites for hydroxylation is 1. The van der Waals surface area contributed by atoms with Crippen LogP contribution in [-0.2, 0) is 11.2 Å². The van der Waals surface area contributed by atoms with E-state index in [1.165, 1.54) is 27.8 Å². The molecule has 0 spiro atoms. The predicted octanol–water partition coefficient (Wildman–Crippen LogP) is 5.67. The number of ether oxygens (including phenoxy) is 1. The molecule has 0 radical (unpaired) electrons. The quantitative estimate of drug-likeness (QED) is 0.695. The summed E-state index contributed by atoms with van der Waals surface area (Å²) in [5, 5.41) is 3.19. The van der Waals surface area contributed by atoms with Gasteiger partial charge < -0.3 is 10.1 Å². The molecule has 0 aromatic heterocycles. The zero-order valence-electron chi connectivity index (χ0n) is 18.8. The molecule has 2 aromatic rings. The summed E-state index contributed by atoms with van der Waals surface area (Å²) in [7, 11) is 0. The largest absolute Gasteiger partial charge is 0.445 e. The van der Waals surface area contributed by atoms with Gasteiger partial charge in [0.25, 0.3) is 0 Å². The Balaban J connectivity index is 1.29. The summed E-state index contributed by atoms with van der Waals surface area (Å²) in [5.41, 5.74) is 6.50. The standard InChI is InChI=1S/C27H34N2O2/c1-18(2)20-5-3-6-21(15-20)22-9-10-24-23(16-22)7-4-8-25(24)28-27(30)31-26-17-29-13-11-19(26)12-14-29/h3,5-6,9-10,15-16,18-19,25-26H,4,7-8,11-14,17H2,1-2H3,(H,28,30)/t25?,26-/m0/s1. The average Bonchev–Trinajstić information content (AvgIpc) is 2.80. The molecule has 3 aliphatic heterocycles. The minimum atomic E-state index is -0.245. The SMILES string of the molecule is CC(C)c1cccc(-c2ccc3c(c2)CCCC3NC(=O)O[C@H]2CN3CCC2CC3)c1. The Morgan fingerprint density at radius 1 is 1.06 bits per heavy atom. The lowest BCUT2D eigenvalue weighted by molar-refractivity contribution is -0.0340. The molecule has 31 heavy (non-hydrogen) atoms. The average molecular weight is 419 g/mol. The Labute approximate surface area is 186 Å². The first-order valence-electron chi connectivity index (χ1n) is 12.0. The van der Waals surface area contributed by atoms with Crippen molar-refractivity contribution >= 4 is 6.09 Å². The zero-order valence-corrected chi connectivity index (χ0v) is 18.8. The topological polar surface area (TPSA) is 41.6 Å². The van der Waals surface area contributed by atoms with Crippen molar-refractivity contribution in [3.05, 3.63) is 59.2 Å². The molecule has 2 bridgehead atoms. The molecule has 4 nitrogen and oxygen atoms in total. The van der Waals surface area contributed by atoms with E-state index in [0.717, 1.165) is 51.7 Å². The lowest BCUT2D eigenvalue weighted by atomic mass is 9.85. The second-order valence-electron chi connectivity index (χ2n) is 9.86. The van der Waals surface area contributed by atoms with Crippen molar-refractivity contribution in [2.75, 3.05) is 19.6 Å². The third-order valence-electron chi connectivity index (χ3n) is 7.49. The van der Waals surface area contributed by atoms with Gasteiger partial charge >= 0.3 is 6.09 Å². The first-order chi connectivity index (χ1) is 15.1. The number of benzene rings is 2. The molecule has 1 amide bonds. The number of amides is 1. The smallest absolute Gasteiger partial charge is 0.407 e. The van der Waals surface area contributed by atoms with Gasteiger partial charge in [0.15, 0.2) is 0 Å². The van der Waals surface area contributed by atoms with Gasteiger partial charge in [0, 0.05) is 6.54 Å². The van der Waals surface area contributed by atoms with E-state index in [1.54, 1.807) is 0 Å². The third kappa shape index (κ3) is 4.36. The van der Waals surface area contributed by atoms with Crippen molar-refractivity contribution in [1.82, 2.24) is 10.2 Å². The van der Waals surface area contributed by atoms with Crippen LogP contribution >= 0.6 is 0 Å². The van der Waals surface area contributed by atoms with Gasteiger partial charge in [0.2, 0.25) is 0 Å². The maximum absolute atomic E-state index is 12.7. The minimum Gasteiger partial charge on any atom is -0.445 e. The molecule has 3 fully saturated rings. The van der Waals surface area contributed by atoms with Crippen molar-refractivity contribution in [1.29, 1.82) is 0 Å². The van der Waals surface area contributed by atoms with E-state index in [4.69, 9.17) is 4.74 Å². The molecule has 6 rings (SSSR count). The number of nitrogens with zero attached hydrogens (tertiary/aromatic N) is 1. The fraction of sp³-hybridized carbons (Fsp3) is 0.519. The van der Waals surface area contributed by atoms with E-state index in [-0.39, 0.29) is 18.2 Å². The lowest BCUT2D eigenvalue weighted by Gasteiger charge is -2.44. The number of rotatable bonds is 4. The van der Waals surface area contributed by atoms with Crippen LogP contribution < -0.4 is 5.32 Å². The second-order valence-corrected chi connectivity index (χ2v) is 9.86. The number of carbonyl (C=O) groups is 1. The highest BCUT2D eigenvalue weighted by atomic mass is 16.6. The third-order valence-corrected chi connectivity index (χ3v) is 7.49. The molecule has 1 unspecified atom stereocenters. The fourth-order valence-electron chi connectivity index (χ4n) is 5.58. The van der Waals surface area contributed by atoms with Crippen molar-refractivity contribution in [3.8, 4) is 11.1 Å². The van der Waals surface area contributed by atoms with Gasteiger partial charge in [-0.2, -0.15) is 0 Å². The molecular formula is C27H34N2O2. The van der Waals surface area contributed by atoms with Crippen LogP contribution in [0.1, 0.15) is 68.2 Å². The number of hydrogen-bond donors (Lipinski definition) is 1. The molecule has 164 valence electrons. The number of alkyl carbamates (subject to hydrolysis) is 1. The Hall–Kier alpha value is -2.33. The van der Waals surface area contributed by atoms with Gasteiger partial charge in [-0.05, 0) is 84.8 Å². The maximum atomic E-state index is 12.7. The van der Waals surface area contributed by atoms with E-state index in [2.05, 4.69) is 66.5 Å². The second kappa shape index (κ2) is 8.66. The Morgan fingerprint density at radius 2 is 1.87 bits per heavy atom. The van der Waals surface area contributed by atoms with Gasteiger partial charge in [-0.25, -0.2) is 4.79 Å². The molecule has 2 aromatic carbocycles. The number of carbonyl (C=O) groups excluding carboxylic acids is 1. The summed E-state index contributed by atoms with van der Waals surface area (Å²) in [6.07, 6.45) is 5.26. The molecule has 1 aliphatic carbocycles. The highest BCUT2D eigenvalue weighted by molar-refractivity contribution is 5.69. The van der Waals surface area contributed by atoms with Gasteiger partial charge in [-0.1, -0.05) is 56.3 Å². The highest BCUT2D eigenvalue weighted by Gasteiger charge is 2.37.